The van der Waals surface area contributed by atoms with E-state index in [1.54, 1.807) is 42.5 Å². The zero-order valence-electron chi connectivity index (χ0n) is 10.4. The molecule has 3 N–H and O–H groups in total. The summed E-state index contributed by atoms with van der Waals surface area (Å²) < 4.78 is 17.7. The lowest BCUT2D eigenvalue weighted by molar-refractivity contribution is 0.475. The monoisotopic (exact) mass is 288 g/mol. The highest BCUT2D eigenvalue weighted by Crippen LogP contribution is 2.22. The van der Waals surface area contributed by atoms with Gasteiger partial charge in [-0.15, -0.1) is 0 Å². The first-order chi connectivity index (χ1) is 9.61. The van der Waals surface area contributed by atoms with Crippen LogP contribution in [0.3, 0.4) is 0 Å². The number of oxazole rings is 1. The fourth-order valence-electron chi connectivity index (χ4n) is 1.83. The van der Waals surface area contributed by atoms with Crippen LogP contribution in [0.15, 0.2) is 52.1 Å². The Bertz CT molecular complexity index is 781. The average molecular weight is 288 g/mol. The second kappa shape index (κ2) is 4.97. The van der Waals surface area contributed by atoms with E-state index in [-0.39, 0.29) is 16.7 Å². The SMILES string of the molecule is Nc1ccc2oc(S(=O)Cc3ccc(O)cc3)nc2c1. The number of hydrogen-bond donors (Lipinski definition) is 2. The Balaban J connectivity index is 1.86. The second-order valence-corrected chi connectivity index (χ2v) is 5.69. The van der Waals surface area contributed by atoms with E-state index < -0.39 is 10.8 Å². The minimum atomic E-state index is -1.38. The van der Waals surface area contributed by atoms with Gasteiger partial charge in [-0.05, 0) is 35.9 Å². The van der Waals surface area contributed by atoms with Crippen molar-refractivity contribution < 1.29 is 13.7 Å². The van der Waals surface area contributed by atoms with Crippen LogP contribution in [-0.2, 0) is 16.6 Å². The molecule has 0 spiro atoms. The predicted molar refractivity (Wildman–Crippen MR) is 76.6 cm³/mol. The number of nitrogens with two attached hydrogens (primary N) is 1. The van der Waals surface area contributed by atoms with Crippen molar-refractivity contribution in [1.82, 2.24) is 4.98 Å². The molecule has 1 aromatic heterocycles. The normalized spacial score (nSPS) is 12.6. The van der Waals surface area contributed by atoms with E-state index in [1.807, 2.05) is 0 Å². The van der Waals surface area contributed by atoms with Crippen LogP contribution in [0.4, 0.5) is 5.69 Å². The summed E-state index contributed by atoms with van der Waals surface area (Å²) in [5.74, 6) is 0.458. The first-order valence-electron chi connectivity index (χ1n) is 5.94. The molecule has 0 aliphatic heterocycles. The lowest BCUT2D eigenvalue weighted by atomic mass is 10.2. The molecule has 1 unspecified atom stereocenters. The Morgan fingerprint density at radius 3 is 2.70 bits per heavy atom. The molecule has 1 atom stereocenters. The first-order valence-corrected chi connectivity index (χ1v) is 7.26. The Hall–Kier alpha value is -2.34. The molecule has 0 amide bonds. The molecule has 102 valence electrons. The van der Waals surface area contributed by atoms with Crippen molar-refractivity contribution in [3.05, 3.63) is 48.0 Å². The molecule has 0 fully saturated rings. The number of benzene rings is 2. The van der Waals surface area contributed by atoms with Gasteiger partial charge < -0.3 is 15.3 Å². The highest BCUT2D eigenvalue weighted by Gasteiger charge is 2.13. The van der Waals surface area contributed by atoms with Crippen LogP contribution in [0, 0.1) is 0 Å². The molecule has 3 aromatic rings. The minimum Gasteiger partial charge on any atom is -0.508 e. The van der Waals surface area contributed by atoms with Crippen molar-refractivity contribution in [2.75, 3.05) is 5.73 Å². The standard InChI is InChI=1S/C14H12N2O3S/c15-10-3-6-13-12(7-10)16-14(19-13)20(18)8-9-1-4-11(17)5-2-9/h1-7,17H,8,15H2. The number of nitrogens with zero attached hydrogens (tertiary/aromatic N) is 1. The smallest absolute Gasteiger partial charge is 0.288 e. The first kappa shape index (κ1) is 12.7. The van der Waals surface area contributed by atoms with Gasteiger partial charge in [0.15, 0.2) is 5.58 Å². The third-order valence-electron chi connectivity index (χ3n) is 2.82. The molecule has 0 saturated heterocycles. The topological polar surface area (TPSA) is 89.3 Å². The Morgan fingerprint density at radius 2 is 1.95 bits per heavy atom. The van der Waals surface area contributed by atoms with Gasteiger partial charge in [-0.2, -0.15) is 0 Å². The van der Waals surface area contributed by atoms with Crippen molar-refractivity contribution in [3.8, 4) is 5.75 Å². The molecule has 5 nitrogen and oxygen atoms in total. The van der Waals surface area contributed by atoms with Crippen LogP contribution >= 0.6 is 0 Å². The van der Waals surface area contributed by atoms with Crippen LogP contribution in [0.5, 0.6) is 5.75 Å². The van der Waals surface area contributed by atoms with E-state index >= 15 is 0 Å². The number of nitrogen functional groups attached to an aromatic ring is 1. The van der Waals surface area contributed by atoms with Crippen LogP contribution in [-0.4, -0.2) is 14.3 Å². The number of rotatable bonds is 3. The van der Waals surface area contributed by atoms with Crippen molar-refractivity contribution in [1.29, 1.82) is 0 Å². The summed E-state index contributed by atoms with van der Waals surface area (Å²) in [6.07, 6.45) is 0. The van der Waals surface area contributed by atoms with Crippen LogP contribution in [0.1, 0.15) is 5.56 Å². The zero-order valence-corrected chi connectivity index (χ0v) is 11.3. The predicted octanol–water partition coefficient (Wildman–Crippen LogP) is 2.42. The van der Waals surface area contributed by atoms with Crippen LogP contribution < -0.4 is 5.73 Å². The molecular weight excluding hydrogens is 276 g/mol. The van der Waals surface area contributed by atoms with Gasteiger partial charge in [0.25, 0.3) is 5.22 Å². The van der Waals surface area contributed by atoms with Crippen molar-refractivity contribution in [2.24, 2.45) is 0 Å². The third kappa shape index (κ3) is 2.50. The van der Waals surface area contributed by atoms with Gasteiger partial charge in [-0.25, -0.2) is 9.19 Å². The van der Waals surface area contributed by atoms with E-state index in [9.17, 15) is 9.32 Å². The fourth-order valence-corrected chi connectivity index (χ4v) is 2.83. The molecule has 6 heteroatoms. The highest BCUT2D eigenvalue weighted by molar-refractivity contribution is 7.84. The summed E-state index contributed by atoms with van der Waals surface area (Å²) in [5.41, 5.74) is 8.25. The van der Waals surface area contributed by atoms with Crippen molar-refractivity contribution >= 4 is 27.6 Å². The van der Waals surface area contributed by atoms with Gasteiger partial charge in [-0.3, -0.25) is 0 Å². The van der Waals surface area contributed by atoms with Crippen LogP contribution in [0.2, 0.25) is 0 Å². The summed E-state index contributed by atoms with van der Waals surface area (Å²) >= 11 is 0. The second-order valence-electron chi connectivity index (χ2n) is 4.36. The summed E-state index contributed by atoms with van der Waals surface area (Å²) in [6.45, 7) is 0. The van der Waals surface area contributed by atoms with E-state index in [2.05, 4.69) is 4.98 Å². The maximum atomic E-state index is 12.2. The number of aromatic hydroxyl groups is 1. The highest BCUT2D eigenvalue weighted by atomic mass is 32.2. The number of anilines is 1. The number of phenolic OH excluding ortho intramolecular Hbond substituents is 1. The zero-order chi connectivity index (χ0) is 14.1. The Morgan fingerprint density at radius 1 is 1.20 bits per heavy atom. The number of aromatic nitrogens is 1. The van der Waals surface area contributed by atoms with Gasteiger partial charge in [-0.1, -0.05) is 12.1 Å². The molecule has 0 bridgehead atoms. The summed E-state index contributed by atoms with van der Waals surface area (Å²) in [4.78, 5) is 4.19. The summed E-state index contributed by atoms with van der Waals surface area (Å²) in [5, 5.41) is 9.39. The molecule has 0 radical (unpaired) electrons. The van der Waals surface area contributed by atoms with Gasteiger partial charge in [0.05, 0.1) is 5.75 Å². The van der Waals surface area contributed by atoms with Gasteiger partial charge in [0.1, 0.15) is 22.1 Å². The van der Waals surface area contributed by atoms with Crippen molar-refractivity contribution in [2.45, 2.75) is 11.0 Å². The fraction of sp³-hybridized carbons (Fsp3) is 0.0714. The molecule has 20 heavy (non-hydrogen) atoms. The van der Waals surface area contributed by atoms with Crippen molar-refractivity contribution in [3.63, 3.8) is 0 Å². The summed E-state index contributed by atoms with van der Waals surface area (Å²) in [6, 6.07) is 11.6. The largest absolute Gasteiger partial charge is 0.508 e. The van der Waals surface area contributed by atoms with Gasteiger partial charge >= 0.3 is 0 Å². The minimum absolute atomic E-state index is 0.178. The number of phenols is 1. The van der Waals surface area contributed by atoms with E-state index in [0.717, 1.165) is 5.56 Å². The van der Waals surface area contributed by atoms with E-state index in [4.69, 9.17) is 10.2 Å². The molecular formula is C14H12N2O3S. The quantitative estimate of drug-likeness (QED) is 0.722. The molecule has 1 heterocycles. The lowest BCUT2D eigenvalue weighted by Gasteiger charge is -1.98. The van der Waals surface area contributed by atoms with E-state index in [1.165, 1.54) is 0 Å². The molecule has 3 rings (SSSR count). The third-order valence-corrected chi connectivity index (χ3v) is 3.98. The molecule has 2 aromatic carbocycles. The molecule has 0 saturated carbocycles. The number of fused-ring (bicyclic) bond motifs is 1. The maximum Gasteiger partial charge on any atom is 0.288 e. The van der Waals surface area contributed by atoms with Gasteiger partial charge in [0.2, 0.25) is 0 Å². The average Bonchev–Trinajstić information content (AvgIpc) is 2.84. The maximum absolute atomic E-state index is 12.2. The Labute approximate surface area is 117 Å². The molecule has 0 aliphatic carbocycles. The lowest BCUT2D eigenvalue weighted by Crippen LogP contribution is -1.96. The number of hydrogen-bond acceptors (Lipinski definition) is 5. The molecule has 0 aliphatic rings. The van der Waals surface area contributed by atoms with Gasteiger partial charge in [0, 0.05) is 5.69 Å². The van der Waals surface area contributed by atoms with Crippen LogP contribution in [0.25, 0.3) is 11.1 Å². The van der Waals surface area contributed by atoms with E-state index in [0.29, 0.717) is 16.8 Å². The summed E-state index contributed by atoms with van der Waals surface area (Å²) in [7, 11) is -1.38. The Kier molecular flexibility index (Phi) is 3.15.